The van der Waals surface area contributed by atoms with Crippen molar-refractivity contribution in [1.82, 2.24) is 0 Å². The van der Waals surface area contributed by atoms with E-state index in [0.717, 1.165) is 21.0 Å². The standard InChI is InChI=1S/C26H37O2PSi3/c1-30(2,3)23-18-12-16-21(25(23)27)29(32(7,8)20-14-10-9-11-15-20)22-17-13-19-24(26(22)28)31(4,5)6/h9-19,27-28H,1-8H3. The highest BCUT2D eigenvalue weighted by molar-refractivity contribution is 8.06. The molecule has 0 aliphatic rings. The van der Waals surface area contributed by atoms with Crippen molar-refractivity contribution >= 4 is 57.5 Å². The zero-order valence-electron chi connectivity index (χ0n) is 20.7. The Balaban J connectivity index is 2.36. The van der Waals surface area contributed by atoms with Gasteiger partial charge in [0.2, 0.25) is 0 Å². The third-order valence-corrected chi connectivity index (χ3v) is 20.3. The van der Waals surface area contributed by atoms with Gasteiger partial charge >= 0.3 is 0 Å². The summed E-state index contributed by atoms with van der Waals surface area (Å²) in [6, 6.07) is 23.3. The van der Waals surface area contributed by atoms with Crippen LogP contribution in [0.1, 0.15) is 0 Å². The smallest absolute Gasteiger partial charge is 0.122 e. The Kier molecular flexibility index (Phi) is 6.98. The molecule has 0 spiro atoms. The second kappa shape index (κ2) is 8.94. The van der Waals surface area contributed by atoms with E-state index in [0.29, 0.717) is 11.5 Å². The normalized spacial score (nSPS) is 12.9. The fourth-order valence-electron chi connectivity index (χ4n) is 4.34. The maximum Gasteiger partial charge on any atom is 0.122 e. The van der Waals surface area contributed by atoms with E-state index in [-0.39, 0.29) is 0 Å². The first kappa shape index (κ1) is 25.0. The fourth-order valence-corrected chi connectivity index (χ4v) is 17.2. The van der Waals surface area contributed by atoms with Crippen molar-refractivity contribution in [2.45, 2.75) is 52.4 Å². The van der Waals surface area contributed by atoms with E-state index < -0.39 is 31.4 Å². The van der Waals surface area contributed by atoms with Crippen molar-refractivity contribution in [3.05, 3.63) is 66.7 Å². The molecule has 0 unspecified atom stereocenters. The molecule has 3 aromatic rings. The SMILES string of the molecule is C[Si](C)(C)c1cccc(P(c2cccc([Si](C)(C)C)c2O)[Si](C)(C)c2ccccc2)c1O. The first-order valence-electron chi connectivity index (χ1n) is 11.3. The van der Waals surface area contributed by atoms with Crippen LogP contribution in [-0.4, -0.2) is 34.1 Å². The molecule has 0 atom stereocenters. The summed E-state index contributed by atoms with van der Waals surface area (Å²) < 4.78 is 0. The number of rotatable bonds is 6. The van der Waals surface area contributed by atoms with Gasteiger partial charge in [-0.25, -0.2) is 0 Å². The minimum Gasteiger partial charge on any atom is -0.507 e. The molecule has 0 fully saturated rings. The fraction of sp³-hybridized carbons (Fsp3) is 0.308. The maximum atomic E-state index is 11.6. The number of benzene rings is 3. The lowest BCUT2D eigenvalue weighted by molar-refractivity contribution is 0.483. The van der Waals surface area contributed by atoms with E-state index in [1.807, 2.05) is 0 Å². The molecule has 2 nitrogen and oxygen atoms in total. The van der Waals surface area contributed by atoms with Gasteiger partial charge < -0.3 is 10.2 Å². The summed E-state index contributed by atoms with van der Waals surface area (Å²) in [6.45, 7) is 18.4. The van der Waals surface area contributed by atoms with E-state index in [9.17, 15) is 10.2 Å². The van der Waals surface area contributed by atoms with Crippen molar-refractivity contribution in [1.29, 1.82) is 0 Å². The summed E-state index contributed by atoms with van der Waals surface area (Å²) in [4.78, 5) is 0. The molecule has 6 heteroatoms. The Bertz CT molecular complexity index is 1040. The third kappa shape index (κ3) is 4.81. The molecule has 0 radical (unpaired) electrons. The molecule has 2 N–H and O–H groups in total. The Morgan fingerprint density at radius 2 is 0.938 bits per heavy atom. The summed E-state index contributed by atoms with van der Waals surface area (Å²) in [5.41, 5.74) is 0. The van der Waals surface area contributed by atoms with Gasteiger partial charge in [0.25, 0.3) is 0 Å². The summed E-state index contributed by atoms with van der Waals surface area (Å²) in [6.07, 6.45) is 0. The van der Waals surface area contributed by atoms with Gasteiger partial charge in [0, 0.05) is 10.6 Å². The Morgan fingerprint density at radius 3 is 1.31 bits per heavy atom. The van der Waals surface area contributed by atoms with Crippen LogP contribution in [0, 0.1) is 0 Å². The highest BCUT2D eigenvalue weighted by atomic mass is 31.4. The highest BCUT2D eigenvalue weighted by Gasteiger charge is 2.40. The number of hydrogen-bond donors (Lipinski definition) is 2. The van der Waals surface area contributed by atoms with E-state index >= 15 is 0 Å². The number of phenolic OH excluding ortho intramolecular Hbond substituents is 2. The number of aromatic hydroxyl groups is 2. The van der Waals surface area contributed by atoms with E-state index in [2.05, 4.69) is 119 Å². The van der Waals surface area contributed by atoms with Gasteiger partial charge in [-0.1, -0.05) is 124 Å². The van der Waals surface area contributed by atoms with Crippen LogP contribution >= 0.6 is 7.47 Å². The van der Waals surface area contributed by atoms with Gasteiger partial charge in [0.1, 0.15) is 19.2 Å². The molecule has 170 valence electrons. The van der Waals surface area contributed by atoms with Crippen molar-refractivity contribution in [2.24, 2.45) is 0 Å². The van der Waals surface area contributed by atoms with Gasteiger partial charge in [-0.2, -0.15) is 0 Å². The average Bonchev–Trinajstić information content (AvgIpc) is 2.69. The molecule has 0 aliphatic carbocycles. The monoisotopic (exact) mass is 496 g/mol. The van der Waals surface area contributed by atoms with Crippen LogP contribution < -0.4 is 26.2 Å². The molecule has 0 heterocycles. The minimum absolute atomic E-state index is 0.451. The summed E-state index contributed by atoms with van der Waals surface area (Å²) in [5, 5.41) is 28.8. The largest absolute Gasteiger partial charge is 0.507 e. The van der Waals surface area contributed by atoms with Crippen molar-refractivity contribution < 1.29 is 10.2 Å². The second-order valence-corrected chi connectivity index (χ2v) is 31.2. The first-order chi connectivity index (χ1) is 14.8. The van der Waals surface area contributed by atoms with E-state index in [1.54, 1.807) is 0 Å². The zero-order chi connectivity index (χ0) is 23.9. The summed E-state index contributed by atoms with van der Waals surface area (Å²) >= 11 is 0. The number of para-hydroxylation sites is 2. The van der Waals surface area contributed by atoms with Crippen LogP contribution in [0.25, 0.3) is 0 Å². The number of phenols is 2. The molecule has 0 bridgehead atoms. The molecule has 0 saturated carbocycles. The lowest BCUT2D eigenvalue weighted by Gasteiger charge is -2.36. The van der Waals surface area contributed by atoms with Gasteiger partial charge in [0.05, 0.1) is 16.1 Å². The van der Waals surface area contributed by atoms with Crippen LogP contribution in [-0.2, 0) is 0 Å². The summed E-state index contributed by atoms with van der Waals surface area (Å²) in [7, 11) is -6.55. The maximum absolute atomic E-state index is 11.6. The predicted octanol–water partition coefficient (Wildman–Crippen LogP) is 4.73. The predicted molar refractivity (Wildman–Crippen MR) is 152 cm³/mol. The van der Waals surface area contributed by atoms with Gasteiger partial charge in [-0.3, -0.25) is 0 Å². The molecule has 0 aromatic heterocycles. The van der Waals surface area contributed by atoms with Crippen molar-refractivity contribution in [2.75, 3.05) is 0 Å². The molecular formula is C26H37O2PSi3. The second-order valence-electron chi connectivity index (χ2n) is 11.1. The van der Waals surface area contributed by atoms with E-state index in [1.165, 1.54) is 5.19 Å². The lowest BCUT2D eigenvalue weighted by atomic mass is 10.3. The van der Waals surface area contributed by atoms with E-state index in [4.69, 9.17) is 0 Å². The molecule has 0 aliphatic heterocycles. The Labute approximate surface area is 198 Å². The Morgan fingerprint density at radius 1 is 0.531 bits per heavy atom. The van der Waals surface area contributed by atoms with Gasteiger partial charge in [0.15, 0.2) is 0 Å². The van der Waals surface area contributed by atoms with Crippen LogP contribution in [0.4, 0.5) is 0 Å². The average molecular weight is 497 g/mol. The Hall–Kier alpha value is -1.66. The quantitative estimate of drug-likeness (QED) is 0.382. The molecule has 3 rings (SSSR count). The minimum atomic E-state index is -2.14. The van der Waals surface area contributed by atoms with Crippen molar-refractivity contribution in [3.8, 4) is 11.5 Å². The van der Waals surface area contributed by atoms with Crippen molar-refractivity contribution in [3.63, 3.8) is 0 Å². The third-order valence-electron chi connectivity index (χ3n) is 6.17. The highest BCUT2D eigenvalue weighted by Crippen LogP contribution is 2.48. The van der Waals surface area contributed by atoms with Gasteiger partial charge in [-0.05, 0) is 17.8 Å². The van der Waals surface area contributed by atoms with Gasteiger partial charge in [-0.15, -0.1) is 0 Å². The zero-order valence-corrected chi connectivity index (χ0v) is 24.6. The lowest BCUT2D eigenvalue weighted by Crippen LogP contribution is -2.48. The topological polar surface area (TPSA) is 40.5 Å². The molecule has 0 amide bonds. The first-order valence-corrected chi connectivity index (χ1v) is 23.5. The molecule has 3 aromatic carbocycles. The molecule has 32 heavy (non-hydrogen) atoms. The number of hydrogen-bond acceptors (Lipinski definition) is 2. The molecule has 0 saturated heterocycles. The van der Waals surface area contributed by atoms with Crippen LogP contribution in [0.15, 0.2) is 66.7 Å². The van der Waals surface area contributed by atoms with Crippen LogP contribution in [0.2, 0.25) is 52.4 Å². The summed E-state index contributed by atoms with van der Waals surface area (Å²) in [5.74, 6) is 0.902. The van der Waals surface area contributed by atoms with Crippen LogP contribution in [0.5, 0.6) is 11.5 Å². The van der Waals surface area contributed by atoms with Crippen LogP contribution in [0.3, 0.4) is 0 Å². The molecular weight excluding hydrogens is 460 g/mol.